The third kappa shape index (κ3) is 3.29. The van der Waals surface area contributed by atoms with Crippen LogP contribution in [0.2, 0.25) is 0 Å². The Morgan fingerprint density at radius 2 is 1.92 bits per heavy atom. The van der Waals surface area contributed by atoms with E-state index >= 15 is 0 Å². The van der Waals surface area contributed by atoms with Gasteiger partial charge in [0.05, 0.1) is 6.04 Å². The molecule has 24 heavy (non-hydrogen) atoms. The zero-order valence-electron chi connectivity index (χ0n) is 14.4. The molecule has 4 heteroatoms. The van der Waals surface area contributed by atoms with E-state index in [4.69, 9.17) is 5.73 Å². The van der Waals surface area contributed by atoms with Gasteiger partial charge in [-0.3, -0.25) is 4.79 Å². The Hall–Kier alpha value is -2.33. The molecule has 1 amide bonds. The number of amides is 1. The molecule has 1 heterocycles. The minimum absolute atomic E-state index is 0.0129. The van der Waals surface area contributed by atoms with Crippen LogP contribution in [0.1, 0.15) is 36.1 Å². The maximum atomic E-state index is 12.9. The lowest BCUT2D eigenvalue weighted by Gasteiger charge is -2.28. The summed E-state index contributed by atoms with van der Waals surface area (Å²) in [6, 6.07) is 17.6. The number of anilines is 1. The number of hydrogen-bond acceptors (Lipinski definition) is 3. The standard InChI is InChI=1S/C20H25N3O/c1-22(2)17-11-6-10-16(14-17)18-12-7-13-23(18)20(24)19(21)15-8-4-3-5-9-15/h3-6,8-11,14,18-19H,7,12-13,21H2,1-2H3/t18-,19+/m1/s1. The summed E-state index contributed by atoms with van der Waals surface area (Å²) in [5.74, 6) is 0.0129. The Balaban J connectivity index is 1.83. The van der Waals surface area contributed by atoms with E-state index in [1.807, 2.05) is 49.3 Å². The molecule has 0 saturated carbocycles. The lowest BCUT2D eigenvalue weighted by molar-refractivity contribution is -0.133. The second kappa shape index (κ2) is 7.05. The Morgan fingerprint density at radius 1 is 1.17 bits per heavy atom. The highest BCUT2D eigenvalue weighted by molar-refractivity contribution is 5.83. The van der Waals surface area contributed by atoms with Gasteiger partial charge in [-0.1, -0.05) is 42.5 Å². The molecule has 1 aliphatic heterocycles. The first kappa shape index (κ1) is 16.5. The highest BCUT2D eigenvalue weighted by atomic mass is 16.2. The molecule has 0 aliphatic carbocycles. The summed E-state index contributed by atoms with van der Waals surface area (Å²) >= 11 is 0. The number of hydrogen-bond donors (Lipinski definition) is 1. The van der Waals surface area contributed by atoms with Crippen LogP contribution in [0.4, 0.5) is 5.69 Å². The summed E-state index contributed by atoms with van der Waals surface area (Å²) < 4.78 is 0. The minimum atomic E-state index is -0.594. The SMILES string of the molecule is CN(C)c1cccc([C@H]2CCCN2C(=O)[C@@H](N)c2ccccc2)c1. The van der Waals surface area contributed by atoms with Gasteiger partial charge in [0.15, 0.2) is 0 Å². The fourth-order valence-corrected chi connectivity index (χ4v) is 3.37. The molecule has 1 fully saturated rings. The summed E-state index contributed by atoms with van der Waals surface area (Å²) in [5.41, 5.74) is 9.45. The number of benzene rings is 2. The molecular formula is C20H25N3O. The number of carbonyl (C=O) groups is 1. The zero-order chi connectivity index (χ0) is 17.1. The number of likely N-dealkylation sites (tertiary alicyclic amines) is 1. The summed E-state index contributed by atoms with van der Waals surface area (Å²) in [4.78, 5) is 17.0. The van der Waals surface area contributed by atoms with Crippen molar-refractivity contribution in [1.29, 1.82) is 0 Å². The van der Waals surface area contributed by atoms with Crippen molar-refractivity contribution in [2.75, 3.05) is 25.5 Å². The molecule has 0 unspecified atom stereocenters. The molecule has 4 nitrogen and oxygen atoms in total. The van der Waals surface area contributed by atoms with Gasteiger partial charge < -0.3 is 15.5 Å². The van der Waals surface area contributed by atoms with Crippen LogP contribution in [0.25, 0.3) is 0 Å². The molecule has 1 saturated heterocycles. The van der Waals surface area contributed by atoms with Crippen molar-refractivity contribution < 1.29 is 4.79 Å². The predicted molar refractivity (Wildman–Crippen MR) is 97.8 cm³/mol. The van der Waals surface area contributed by atoms with Crippen molar-refractivity contribution in [3.63, 3.8) is 0 Å². The number of carbonyl (C=O) groups excluding carboxylic acids is 1. The molecule has 0 spiro atoms. The lowest BCUT2D eigenvalue weighted by Crippen LogP contribution is -2.38. The smallest absolute Gasteiger partial charge is 0.244 e. The van der Waals surface area contributed by atoms with Crippen molar-refractivity contribution >= 4 is 11.6 Å². The molecule has 2 N–H and O–H groups in total. The van der Waals surface area contributed by atoms with Crippen molar-refractivity contribution in [3.8, 4) is 0 Å². The first-order chi connectivity index (χ1) is 11.6. The van der Waals surface area contributed by atoms with E-state index in [9.17, 15) is 4.79 Å². The molecular weight excluding hydrogens is 298 g/mol. The second-order valence-corrected chi connectivity index (χ2v) is 6.57. The zero-order valence-corrected chi connectivity index (χ0v) is 14.4. The second-order valence-electron chi connectivity index (χ2n) is 6.57. The van der Waals surface area contributed by atoms with Gasteiger partial charge in [0.1, 0.15) is 6.04 Å². The van der Waals surface area contributed by atoms with Crippen LogP contribution in [-0.2, 0) is 4.79 Å². The van der Waals surface area contributed by atoms with Crippen LogP contribution < -0.4 is 10.6 Å². The average molecular weight is 323 g/mol. The predicted octanol–water partition coefficient (Wildman–Crippen LogP) is 3.12. The summed E-state index contributed by atoms with van der Waals surface area (Å²) in [5, 5.41) is 0. The topological polar surface area (TPSA) is 49.6 Å². The Labute approximate surface area is 143 Å². The van der Waals surface area contributed by atoms with Crippen LogP contribution in [-0.4, -0.2) is 31.4 Å². The van der Waals surface area contributed by atoms with Gasteiger partial charge in [0.2, 0.25) is 5.91 Å². The Bertz CT molecular complexity index is 699. The van der Waals surface area contributed by atoms with Gasteiger partial charge >= 0.3 is 0 Å². The van der Waals surface area contributed by atoms with E-state index in [0.717, 1.165) is 30.6 Å². The molecule has 0 aromatic heterocycles. The molecule has 2 aromatic carbocycles. The summed E-state index contributed by atoms with van der Waals surface area (Å²) in [7, 11) is 4.06. The summed E-state index contributed by atoms with van der Waals surface area (Å²) in [6.07, 6.45) is 2.01. The van der Waals surface area contributed by atoms with Gasteiger partial charge in [0.25, 0.3) is 0 Å². The number of nitrogens with two attached hydrogens (primary N) is 1. The highest BCUT2D eigenvalue weighted by Gasteiger charge is 2.33. The van der Waals surface area contributed by atoms with Crippen LogP contribution in [0.5, 0.6) is 0 Å². The van der Waals surface area contributed by atoms with Gasteiger partial charge in [0, 0.05) is 26.3 Å². The van der Waals surface area contributed by atoms with E-state index in [2.05, 4.69) is 29.2 Å². The van der Waals surface area contributed by atoms with E-state index in [0.29, 0.717) is 0 Å². The Morgan fingerprint density at radius 3 is 2.62 bits per heavy atom. The van der Waals surface area contributed by atoms with Gasteiger partial charge in [-0.25, -0.2) is 0 Å². The average Bonchev–Trinajstić information content (AvgIpc) is 3.11. The van der Waals surface area contributed by atoms with Crippen molar-refractivity contribution in [1.82, 2.24) is 4.90 Å². The largest absolute Gasteiger partial charge is 0.378 e. The van der Waals surface area contributed by atoms with Gasteiger partial charge in [-0.05, 0) is 36.1 Å². The van der Waals surface area contributed by atoms with Crippen LogP contribution in [0, 0.1) is 0 Å². The molecule has 1 aliphatic rings. The third-order valence-corrected chi connectivity index (χ3v) is 4.73. The quantitative estimate of drug-likeness (QED) is 0.940. The summed E-state index contributed by atoms with van der Waals surface area (Å²) in [6.45, 7) is 0.774. The molecule has 2 aromatic rings. The van der Waals surface area contributed by atoms with Gasteiger partial charge in [-0.15, -0.1) is 0 Å². The highest BCUT2D eigenvalue weighted by Crippen LogP contribution is 2.35. The van der Waals surface area contributed by atoms with Crippen LogP contribution in [0.15, 0.2) is 54.6 Å². The van der Waals surface area contributed by atoms with E-state index in [1.54, 1.807) is 0 Å². The van der Waals surface area contributed by atoms with Crippen LogP contribution >= 0.6 is 0 Å². The minimum Gasteiger partial charge on any atom is -0.378 e. The monoisotopic (exact) mass is 323 g/mol. The van der Waals surface area contributed by atoms with Crippen molar-refractivity contribution in [2.45, 2.75) is 24.9 Å². The molecule has 0 radical (unpaired) electrons. The fourth-order valence-electron chi connectivity index (χ4n) is 3.37. The normalized spacial score (nSPS) is 18.5. The van der Waals surface area contributed by atoms with Gasteiger partial charge in [-0.2, -0.15) is 0 Å². The maximum absolute atomic E-state index is 12.9. The molecule has 0 bridgehead atoms. The van der Waals surface area contributed by atoms with E-state index in [-0.39, 0.29) is 11.9 Å². The van der Waals surface area contributed by atoms with Crippen LogP contribution in [0.3, 0.4) is 0 Å². The van der Waals surface area contributed by atoms with E-state index < -0.39 is 6.04 Å². The van der Waals surface area contributed by atoms with E-state index in [1.165, 1.54) is 5.56 Å². The number of rotatable bonds is 4. The first-order valence-corrected chi connectivity index (χ1v) is 8.46. The fraction of sp³-hybridized carbons (Fsp3) is 0.350. The third-order valence-electron chi connectivity index (χ3n) is 4.73. The first-order valence-electron chi connectivity index (χ1n) is 8.46. The molecule has 2 atom stereocenters. The Kier molecular flexibility index (Phi) is 4.86. The molecule has 3 rings (SSSR count). The molecule has 126 valence electrons. The lowest BCUT2D eigenvalue weighted by atomic mass is 10.0. The van der Waals surface area contributed by atoms with Crippen molar-refractivity contribution in [3.05, 3.63) is 65.7 Å². The van der Waals surface area contributed by atoms with Crippen molar-refractivity contribution in [2.24, 2.45) is 5.73 Å². The maximum Gasteiger partial charge on any atom is 0.244 e. The number of nitrogens with zero attached hydrogens (tertiary/aromatic N) is 2.